The summed E-state index contributed by atoms with van der Waals surface area (Å²) in [6.07, 6.45) is -3.10. The van der Waals surface area contributed by atoms with Crippen molar-refractivity contribution in [1.82, 2.24) is 10.3 Å². The summed E-state index contributed by atoms with van der Waals surface area (Å²) in [7, 11) is 0. The predicted molar refractivity (Wildman–Crippen MR) is 73.6 cm³/mol. The summed E-state index contributed by atoms with van der Waals surface area (Å²) in [6, 6.07) is 1.66. The van der Waals surface area contributed by atoms with E-state index >= 15 is 0 Å². The van der Waals surface area contributed by atoms with E-state index in [4.69, 9.17) is 5.73 Å². The van der Waals surface area contributed by atoms with Gasteiger partial charge in [0, 0.05) is 18.8 Å². The first kappa shape index (κ1) is 17.4. The van der Waals surface area contributed by atoms with Crippen LogP contribution < -0.4 is 11.1 Å². The number of rotatable bonds is 4. The molecule has 1 rings (SSSR count). The van der Waals surface area contributed by atoms with Gasteiger partial charge in [-0.15, -0.1) is 0 Å². The third-order valence-electron chi connectivity index (χ3n) is 2.72. The normalized spacial score (nSPS) is 13.9. The van der Waals surface area contributed by atoms with Gasteiger partial charge >= 0.3 is 6.18 Å². The Morgan fingerprint density at radius 3 is 2.38 bits per heavy atom. The number of nitrogens with two attached hydrogens (primary N) is 1. The van der Waals surface area contributed by atoms with E-state index in [9.17, 15) is 18.0 Å². The molecule has 0 aromatic carbocycles. The summed E-state index contributed by atoms with van der Waals surface area (Å²) in [4.78, 5) is 15.3. The number of amides is 1. The fraction of sp³-hybridized carbons (Fsp3) is 0.571. The SMILES string of the molecule is CC(C)(C)CC(N)CNC(=O)c1ccc(C(F)(F)F)cn1. The minimum Gasteiger partial charge on any atom is -0.349 e. The highest BCUT2D eigenvalue weighted by Gasteiger charge is 2.30. The van der Waals surface area contributed by atoms with Crippen molar-refractivity contribution in [2.75, 3.05) is 6.54 Å². The Bertz CT molecular complexity index is 478. The van der Waals surface area contributed by atoms with Crippen molar-refractivity contribution in [3.05, 3.63) is 29.6 Å². The lowest BCUT2D eigenvalue weighted by molar-refractivity contribution is -0.137. The Morgan fingerprint density at radius 2 is 1.95 bits per heavy atom. The number of halogens is 3. The molecule has 0 bridgehead atoms. The molecule has 0 aliphatic heterocycles. The van der Waals surface area contributed by atoms with Crippen molar-refractivity contribution in [2.24, 2.45) is 11.1 Å². The maximum Gasteiger partial charge on any atom is 0.417 e. The molecule has 0 saturated carbocycles. The van der Waals surface area contributed by atoms with Gasteiger partial charge in [0.25, 0.3) is 5.91 Å². The maximum absolute atomic E-state index is 12.4. The summed E-state index contributed by atoms with van der Waals surface area (Å²) < 4.78 is 37.1. The molecule has 1 atom stereocenters. The van der Waals surface area contributed by atoms with Crippen LogP contribution >= 0.6 is 0 Å². The first-order valence-electron chi connectivity index (χ1n) is 6.56. The Labute approximate surface area is 121 Å². The second-order valence-electron chi connectivity index (χ2n) is 6.16. The largest absolute Gasteiger partial charge is 0.417 e. The predicted octanol–water partition coefficient (Wildman–Crippen LogP) is 2.59. The van der Waals surface area contributed by atoms with Gasteiger partial charge in [0.2, 0.25) is 0 Å². The van der Waals surface area contributed by atoms with E-state index in [2.05, 4.69) is 10.3 Å². The number of carbonyl (C=O) groups is 1. The van der Waals surface area contributed by atoms with Crippen molar-refractivity contribution < 1.29 is 18.0 Å². The van der Waals surface area contributed by atoms with E-state index in [1.807, 2.05) is 20.8 Å². The highest BCUT2D eigenvalue weighted by atomic mass is 19.4. The second-order valence-corrected chi connectivity index (χ2v) is 6.16. The molecule has 1 heterocycles. The lowest BCUT2D eigenvalue weighted by Crippen LogP contribution is -2.39. The number of pyridine rings is 1. The van der Waals surface area contributed by atoms with E-state index < -0.39 is 17.6 Å². The molecule has 4 nitrogen and oxygen atoms in total. The minimum atomic E-state index is -4.46. The average Bonchev–Trinajstić information content (AvgIpc) is 2.33. The summed E-state index contributed by atoms with van der Waals surface area (Å²) in [5.41, 5.74) is 4.97. The zero-order valence-corrected chi connectivity index (χ0v) is 12.3. The number of carbonyl (C=O) groups excluding carboxylic acids is 1. The number of alkyl halides is 3. The third kappa shape index (κ3) is 6.12. The molecule has 0 saturated heterocycles. The van der Waals surface area contributed by atoms with Crippen LogP contribution in [0.4, 0.5) is 13.2 Å². The van der Waals surface area contributed by atoms with Crippen LogP contribution in [0.25, 0.3) is 0 Å². The van der Waals surface area contributed by atoms with Gasteiger partial charge in [-0.2, -0.15) is 13.2 Å². The molecule has 118 valence electrons. The molecule has 21 heavy (non-hydrogen) atoms. The van der Waals surface area contributed by atoms with Crippen LogP contribution in [0.15, 0.2) is 18.3 Å². The highest BCUT2D eigenvalue weighted by molar-refractivity contribution is 5.92. The maximum atomic E-state index is 12.4. The fourth-order valence-electron chi connectivity index (χ4n) is 1.87. The minimum absolute atomic E-state index is 0.0384. The van der Waals surface area contributed by atoms with E-state index in [-0.39, 0.29) is 23.7 Å². The van der Waals surface area contributed by atoms with Gasteiger partial charge in [-0.05, 0) is 24.0 Å². The van der Waals surface area contributed by atoms with Crippen molar-refractivity contribution in [2.45, 2.75) is 39.4 Å². The number of aromatic nitrogens is 1. The van der Waals surface area contributed by atoms with Gasteiger partial charge in [-0.3, -0.25) is 9.78 Å². The number of nitrogens with zero attached hydrogens (tertiary/aromatic N) is 1. The lowest BCUT2D eigenvalue weighted by Gasteiger charge is -2.23. The van der Waals surface area contributed by atoms with Crippen LogP contribution in [0.5, 0.6) is 0 Å². The van der Waals surface area contributed by atoms with Crippen molar-refractivity contribution in [3.63, 3.8) is 0 Å². The second kappa shape index (κ2) is 6.43. The Hall–Kier alpha value is -1.63. The number of hydrogen-bond acceptors (Lipinski definition) is 3. The molecule has 0 fully saturated rings. The highest BCUT2D eigenvalue weighted by Crippen LogP contribution is 2.28. The van der Waals surface area contributed by atoms with Crippen molar-refractivity contribution in [3.8, 4) is 0 Å². The fourth-order valence-corrected chi connectivity index (χ4v) is 1.87. The van der Waals surface area contributed by atoms with Crippen LogP contribution in [-0.2, 0) is 6.18 Å². The van der Waals surface area contributed by atoms with Crippen molar-refractivity contribution in [1.29, 1.82) is 0 Å². The molecule has 0 spiro atoms. The first-order chi connectivity index (χ1) is 9.49. The van der Waals surface area contributed by atoms with Gasteiger partial charge in [0.05, 0.1) is 5.56 Å². The zero-order valence-electron chi connectivity index (χ0n) is 12.3. The van der Waals surface area contributed by atoms with Crippen LogP contribution in [0, 0.1) is 5.41 Å². The molecular weight excluding hydrogens is 283 g/mol. The van der Waals surface area contributed by atoms with Crippen LogP contribution in [0.2, 0.25) is 0 Å². The molecule has 1 amide bonds. The molecular formula is C14H20F3N3O. The van der Waals surface area contributed by atoms with Crippen LogP contribution in [0.3, 0.4) is 0 Å². The van der Waals surface area contributed by atoms with E-state index in [1.54, 1.807) is 0 Å². The van der Waals surface area contributed by atoms with Crippen LogP contribution in [0.1, 0.15) is 43.2 Å². The quantitative estimate of drug-likeness (QED) is 0.898. The third-order valence-corrected chi connectivity index (χ3v) is 2.72. The first-order valence-corrected chi connectivity index (χ1v) is 6.56. The topological polar surface area (TPSA) is 68.0 Å². The monoisotopic (exact) mass is 303 g/mol. The summed E-state index contributed by atoms with van der Waals surface area (Å²) in [5, 5.41) is 2.57. The molecule has 3 N–H and O–H groups in total. The number of hydrogen-bond donors (Lipinski definition) is 2. The molecule has 7 heteroatoms. The summed E-state index contributed by atoms with van der Waals surface area (Å²) in [6.45, 7) is 6.35. The molecule has 1 aromatic rings. The molecule has 0 aliphatic rings. The van der Waals surface area contributed by atoms with Gasteiger partial charge in [-0.1, -0.05) is 20.8 Å². The van der Waals surface area contributed by atoms with Gasteiger partial charge < -0.3 is 11.1 Å². The van der Waals surface area contributed by atoms with Gasteiger partial charge in [0.15, 0.2) is 0 Å². The van der Waals surface area contributed by atoms with Crippen molar-refractivity contribution >= 4 is 5.91 Å². The molecule has 1 unspecified atom stereocenters. The Balaban J connectivity index is 2.57. The standard InChI is InChI=1S/C14H20F3N3O/c1-13(2,3)6-10(18)8-20-12(21)11-5-4-9(7-19-11)14(15,16)17/h4-5,7,10H,6,8,18H2,1-3H3,(H,20,21). The van der Waals surface area contributed by atoms with Gasteiger partial charge in [-0.25, -0.2) is 0 Å². The smallest absolute Gasteiger partial charge is 0.349 e. The number of nitrogens with one attached hydrogen (secondary N) is 1. The summed E-state index contributed by atoms with van der Waals surface area (Å²) in [5.74, 6) is -0.534. The zero-order chi connectivity index (χ0) is 16.3. The van der Waals surface area contributed by atoms with E-state index in [1.165, 1.54) is 0 Å². The Morgan fingerprint density at radius 1 is 1.33 bits per heavy atom. The summed E-state index contributed by atoms with van der Waals surface area (Å²) >= 11 is 0. The lowest BCUT2D eigenvalue weighted by atomic mass is 9.88. The molecule has 0 aliphatic carbocycles. The van der Waals surface area contributed by atoms with Crippen LogP contribution in [-0.4, -0.2) is 23.5 Å². The van der Waals surface area contributed by atoms with E-state index in [0.29, 0.717) is 12.6 Å². The molecule has 0 radical (unpaired) electrons. The van der Waals surface area contributed by atoms with E-state index in [0.717, 1.165) is 12.1 Å². The molecule has 1 aromatic heterocycles. The average molecular weight is 303 g/mol. The Kier molecular flexibility index (Phi) is 5.33. The van der Waals surface area contributed by atoms with Gasteiger partial charge in [0.1, 0.15) is 5.69 Å².